The highest BCUT2D eigenvalue weighted by Crippen LogP contribution is 2.38. The van der Waals surface area contributed by atoms with Crippen molar-refractivity contribution >= 4 is 23.5 Å². The molecule has 1 saturated heterocycles. The molecule has 2 fully saturated rings. The summed E-state index contributed by atoms with van der Waals surface area (Å²) >= 11 is 0. The summed E-state index contributed by atoms with van der Waals surface area (Å²) in [6.45, 7) is 1.13. The Morgan fingerprint density at radius 3 is 2.48 bits per heavy atom. The minimum Gasteiger partial charge on any atom is -0.456 e. The van der Waals surface area contributed by atoms with E-state index >= 15 is 0 Å². The average Bonchev–Trinajstić information content (AvgIpc) is 3.50. The van der Waals surface area contributed by atoms with E-state index in [0.29, 0.717) is 30.2 Å². The first-order valence-electron chi connectivity index (χ1n) is 12.0. The van der Waals surface area contributed by atoms with E-state index in [2.05, 4.69) is 5.32 Å². The van der Waals surface area contributed by atoms with Crippen LogP contribution < -0.4 is 10.1 Å². The van der Waals surface area contributed by atoms with Crippen LogP contribution in [-0.2, 0) is 14.3 Å². The van der Waals surface area contributed by atoms with Crippen molar-refractivity contribution in [1.82, 2.24) is 10.2 Å². The Kier molecular flexibility index (Phi) is 6.44. The molecule has 0 spiro atoms. The summed E-state index contributed by atoms with van der Waals surface area (Å²) < 4.78 is 12.0. The van der Waals surface area contributed by atoms with Crippen molar-refractivity contribution in [3.8, 4) is 11.5 Å². The maximum Gasteiger partial charge on any atom is 0.255 e. The van der Waals surface area contributed by atoms with E-state index in [0.717, 1.165) is 49.7 Å². The zero-order chi connectivity index (χ0) is 22.6. The van der Waals surface area contributed by atoms with E-state index in [1.54, 1.807) is 4.90 Å². The van der Waals surface area contributed by atoms with Crippen LogP contribution in [0.25, 0.3) is 11.6 Å². The molecule has 5 rings (SSSR count). The first kappa shape index (κ1) is 21.7. The summed E-state index contributed by atoms with van der Waals surface area (Å²) in [6.07, 6.45) is 8.03. The molecule has 33 heavy (non-hydrogen) atoms. The second-order valence-electron chi connectivity index (χ2n) is 9.06. The zero-order valence-corrected chi connectivity index (χ0v) is 18.8. The fourth-order valence-corrected chi connectivity index (χ4v) is 4.94. The fourth-order valence-electron chi connectivity index (χ4n) is 4.94. The molecular weight excluding hydrogens is 416 g/mol. The maximum absolute atomic E-state index is 14.0. The molecule has 1 unspecified atom stereocenters. The molecule has 1 aliphatic carbocycles. The van der Waals surface area contributed by atoms with E-state index in [-0.39, 0.29) is 30.5 Å². The van der Waals surface area contributed by atoms with Crippen LogP contribution in [-0.4, -0.2) is 48.6 Å². The number of carbonyl (C=O) groups excluding carboxylic acids is 2. The quantitative estimate of drug-likeness (QED) is 0.714. The number of para-hydroxylation sites is 2. The van der Waals surface area contributed by atoms with E-state index in [9.17, 15) is 9.59 Å². The molecule has 0 radical (unpaired) electrons. The molecule has 6 heteroatoms. The van der Waals surface area contributed by atoms with Crippen LogP contribution in [0.15, 0.2) is 48.5 Å². The van der Waals surface area contributed by atoms with Gasteiger partial charge >= 0.3 is 0 Å². The largest absolute Gasteiger partial charge is 0.456 e. The number of carbonyl (C=O) groups is 2. The fraction of sp³-hybridized carbons (Fsp3) is 0.407. The van der Waals surface area contributed by atoms with Gasteiger partial charge in [0.05, 0.1) is 18.2 Å². The highest BCUT2D eigenvalue weighted by atomic mass is 16.5. The smallest absolute Gasteiger partial charge is 0.255 e. The van der Waals surface area contributed by atoms with Gasteiger partial charge in [-0.1, -0.05) is 49.2 Å². The summed E-state index contributed by atoms with van der Waals surface area (Å²) in [7, 11) is 0. The number of fused-ring (bicyclic) bond motifs is 2. The summed E-state index contributed by atoms with van der Waals surface area (Å²) in [5.74, 6) is 1.05. The first-order valence-corrected chi connectivity index (χ1v) is 12.0. The Labute approximate surface area is 194 Å². The van der Waals surface area contributed by atoms with Gasteiger partial charge in [-0.15, -0.1) is 0 Å². The van der Waals surface area contributed by atoms with Gasteiger partial charge in [-0.25, -0.2) is 0 Å². The van der Waals surface area contributed by atoms with Gasteiger partial charge in [-0.05, 0) is 43.9 Å². The van der Waals surface area contributed by atoms with Crippen molar-refractivity contribution in [2.45, 2.75) is 50.7 Å². The van der Waals surface area contributed by atoms with Gasteiger partial charge < -0.3 is 19.7 Å². The SMILES string of the molecule is O=C(CN(CC1CCCO1)C(=O)C1=Cc2ccccc2Oc2ccccc21)NC1CCCC1. The lowest BCUT2D eigenvalue weighted by molar-refractivity contribution is -0.133. The summed E-state index contributed by atoms with van der Waals surface area (Å²) in [5.41, 5.74) is 2.10. The summed E-state index contributed by atoms with van der Waals surface area (Å²) in [4.78, 5) is 28.5. The lowest BCUT2D eigenvalue weighted by Crippen LogP contribution is -2.46. The third-order valence-electron chi connectivity index (χ3n) is 6.64. The van der Waals surface area contributed by atoms with Crippen LogP contribution in [0.3, 0.4) is 0 Å². The Morgan fingerprint density at radius 1 is 0.939 bits per heavy atom. The van der Waals surface area contributed by atoms with Gasteiger partial charge in [0, 0.05) is 30.3 Å². The standard InChI is InChI=1S/C27H30N2O4/c30-26(28-20-9-2-3-10-20)18-29(17-21-11-7-15-32-21)27(31)23-16-19-8-1-5-13-24(19)33-25-14-6-4-12-22(23)25/h1,4-6,8,12-14,16,20-21H,2-3,7,9-11,15,17-18H2,(H,28,30). The number of ether oxygens (including phenoxy) is 2. The molecule has 6 nitrogen and oxygen atoms in total. The van der Waals surface area contributed by atoms with E-state index in [4.69, 9.17) is 9.47 Å². The summed E-state index contributed by atoms with van der Waals surface area (Å²) in [6, 6.07) is 15.5. The molecule has 2 amide bonds. The van der Waals surface area contributed by atoms with Gasteiger partial charge in [0.2, 0.25) is 5.91 Å². The molecule has 0 aromatic heterocycles. The monoisotopic (exact) mass is 446 g/mol. The minimum atomic E-state index is -0.181. The number of hydrogen-bond donors (Lipinski definition) is 1. The minimum absolute atomic E-state index is 0.0250. The zero-order valence-electron chi connectivity index (χ0n) is 18.8. The number of rotatable bonds is 6. The van der Waals surface area contributed by atoms with Gasteiger partial charge in [0.1, 0.15) is 11.5 Å². The van der Waals surface area contributed by atoms with Crippen LogP contribution >= 0.6 is 0 Å². The highest BCUT2D eigenvalue weighted by Gasteiger charge is 2.30. The number of nitrogens with zero attached hydrogens (tertiary/aromatic N) is 1. The topological polar surface area (TPSA) is 67.9 Å². The Hall–Kier alpha value is -3.12. The van der Waals surface area contributed by atoms with Crippen LogP contribution in [0.5, 0.6) is 11.5 Å². The van der Waals surface area contributed by atoms with Gasteiger partial charge in [0.15, 0.2) is 0 Å². The summed E-state index contributed by atoms with van der Waals surface area (Å²) in [5, 5.41) is 3.12. The van der Waals surface area contributed by atoms with Crippen LogP contribution in [0.2, 0.25) is 0 Å². The maximum atomic E-state index is 14.0. The van der Waals surface area contributed by atoms with Crippen LogP contribution in [0, 0.1) is 0 Å². The van der Waals surface area contributed by atoms with Crippen molar-refractivity contribution in [2.75, 3.05) is 19.7 Å². The Bertz CT molecular complexity index is 1050. The molecule has 2 aromatic carbocycles. The average molecular weight is 447 g/mol. The van der Waals surface area contributed by atoms with Crippen molar-refractivity contribution in [3.63, 3.8) is 0 Å². The lowest BCUT2D eigenvalue weighted by atomic mass is 10.0. The molecule has 2 aromatic rings. The number of nitrogens with one attached hydrogen (secondary N) is 1. The first-order chi connectivity index (χ1) is 16.2. The van der Waals surface area contributed by atoms with E-state index < -0.39 is 0 Å². The van der Waals surface area contributed by atoms with Gasteiger partial charge in [-0.3, -0.25) is 9.59 Å². The molecule has 1 saturated carbocycles. The van der Waals surface area contributed by atoms with Crippen LogP contribution in [0.1, 0.15) is 49.7 Å². The number of amides is 2. The van der Waals surface area contributed by atoms with Crippen molar-refractivity contribution in [2.24, 2.45) is 0 Å². The van der Waals surface area contributed by atoms with Crippen molar-refractivity contribution in [1.29, 1.82) is 0 Å². The molecule has 3 aliphatic rings. The Morgan fingerprint density at radius 2 is 1.70 bits per heavy atom. The molecule has 2 aliphatic heterocycles. The Balaban J connectivity index is 1.45. The van der Waals surface area contributed by atoms with Crippen molar-refractivity contribution in [3.05, 3.63) is 59.7 Å². The van der Waals surface area contributed by atoms with Gasteiger partial charge in [0.25, 0.3) is 5.91 Å². The second kappa shape index (κ2) is 9.79. The molecule has 1 atom stereocenters. The highest BCUT2D eigenvalue weighted by molar-refractivity contribution is 6.25. The molecule has 1 N–H and O–H groups in total. The van der Waals surface area contributed by atoms with Crippen molar-refractivity contribution < 1.29 is 19.1 Å². The third-order valence-corrected chi connectivity index (χ3v) is 6.64. The molecule has 0 bridgehead atoms. The molecule has 2 heterocycles. The normalized spacial score (nSPS) is 19.6. The predicted molar refractivity (Wildman–Crippen MR) is 127 cm³/mol. The molecule has 172 valence electrons. The van der Waals surface area contributed by atoms with Gasteiger partial charge in [-0.2, -0.15) is 0 Å². The number of benzene rings is 2. The van der Waals surface area contributed by atoms with Crippen LogP contribution in [0.4, 0.5) is 0 Å². The lowest BCUT2D eigenvalue weighted by Gasteiger charge is -2.27. The van der Waals surface area contributed by atoms with E-state index in [1.165, 1.54) is 0 Å². The second-order valence-corrected chi connectivity index (χ2v) is 9.06. The van der Waals surface area contributed by atoms with E-state index in [1.807, 2.05) is 54.6 Å². The number of hydrogen-bond acceptors (Lipinski definition) is 4. The predicted octanol–water partition coefficient (Wildman–Crippen LogP) is 4.40. The third kappa shape index (κ3) is 4.96. The molecular formula is C27H30N2O4.